The molecule has 11 aromatic rings. The van der Waals surface area contributed by atoms with E-state index >= 15 is 0 Å². The van der Waals surface area contributed by atoms with E-state index < -0.39 is 0 Å². The van der Waals surface area contributed by atoms with Crippen LogP contribution < -0.4 is 9.97 Å². The van der Waals surface area contributed by atoms with E-state index in [-0.39, 0.29) is 19.5 Å². The molecular weight excluding hydrogens is 906 g/mol. The number of aryl methyl sites for hydroxylation is 2. The van der Waals surface area contributed by atoms with Gasteiger partial charge in [0.15, 0.2) is 0 Å². The third kappa shape index (κ3) is 6.65. The van der Waals surface area contributed by atoms with Crippen molar-refractivity contribution in [2.45, 2.75) is 39.8 Å². The normalized spacial score (nSPS) is 11.7. The van der Waals surface area contributed by atoms with E-state index in [1.807, 2.05) is 97.1 Å². The molecule has 0 N–H and O–H groups in total. The Kier molecular flexibility index (Phi) is 9.87. The number of rotatable bonds is 6. The Morgan fingerprint density at radius 3 is 1.09 bits per heavy atom. The molecule has 69 heavy (non-hydrogen) atoms. The molecule has 8 bridgehead atoms. The van der Waals surface area contributed by atoms with E-state index in [9.17, 15) is 0 Å². The molecule has 0 saturated heterocycles. The second-order valence-electron chi connectivity index (χ2n) is 17.0. The molecule has 0 fully saturated rings. The fraction of sp³-hybridized carbons (Fsp3) is 0.107. The summed E-state index contributed by atoms with van der Waals surface area (Å²) in [4.78, 5) is 52.0. The van der Waals surface area contributed by atoms with Crippen molar-refractivity contribution in [2.24, 2.45) is 0 Å². The average Bonchev–Trinajstić information content (AvgIpc) is 4.22. The van der Waals surface area contributed by atoms with Gasteiger partial charge in [-0.25, -0.2) is 19.9 Å². The molecular formula is C56H36N12Zn. The van der Waals surface area contributed by atoms with Crippen LogP contribution in [-0.4, -0.2) is 49.0 Å². The van der Waals surface area contributed by atoms with Gasteiger partial charge in [0.1, 0.15) is 11.6 Å². The van der Waals surface area contributed by atoms with Gasteiger partial charge >= 0.3 is 19.5 Å². The van der Waals surface area contributed by atoms with Crippen LogP contribution in [0.25, 0.3) is 135 Å². The van der Waals surface area contributed by atoms with Gasteiger partial charge in [-0.1, -0.05) is 98.5 Å². The molecule has 0 amide bonds. The molecule has 6 aromatic carbocycles. The fourth-order valence-electron chi connectivity index (χ4n) is 9.57. The van der Waals surface area contributed by atoms with Crippen LogP contribution in [0.1, 0.15) is 37.8 Å². The molecule has 322 valence electrons. The Bertz CT molecular complexity index is 3930. The minimum atomic E-state index is 0. The monoisotopic (exact) mass is 940 g/mol. The minimum Gasteiger partial charge on any atom is -0.357 e. The van der Waals surface area contributed by atoms with Crippen LogP contribution in [0.4, 0.5) is 0 Å². The first-order chi connectivity index (χ1) is 33.5. The maximum absolute atomic E-state index is 5.71. The predicted molar refractivity (Wildman–Crippen MR) is 268 cm³/mol. The summed E-state index contributed by atoms with van der Waals surface area (Å²) >= 11 is 0. The largest absolute Gasteiger partial charge is 2.00 e. The summed E-state index contributed by atoms with van der Waals surface area (Å²) in [5, 5.41) is 3.19. The van der Waals surface area contributed by atoms with E-state index in [1.54, 1.807) is 0 Å². The Labute approximate surface area is 407 Å². The van der Waals surface area contributed by atoms with Crippen LogP contribution in [-0.2, 0) is 32.6 Å². The standard InChI is InChI=1S/C56H36N12.Zn/c1-5-25-67-45-29-41-39(27-43(45)57-55(67)33-21-17-31(7-3)18-22-33)51-61-47-36-14-10-12-16-38(36)50(60-47)64-54-42-30-46-44(58-56(68(46)26-6-2)34-23-19-32(8-4)20-24-34)28-40(42)52(66-54)62-48-35-13-9-11-15-37(35)49(59-48)63-53(41)65-51;/h3-4,9-24,27-30H,5-6,25-26H2,1-2H3;/q-2;+2. The Balaban J connectivity index is 0.00000492. The van der Waals surface area contributed by atoms with Crippen molar-refractivity contribution < 1.29 is 19.5 Å². The Morgan fingerprint density at radius 1 is 0.435 bits per heavy atom. The van der Waals surface area contributed by atoms with Crippen molar-refractivity contribution in [3.8, 4) is 93.0 Å². The third-order valence-electron chi connectivity index (χ3n) is 12.8. The SMILES string of the molecule is C#Cc1ccc(-c2nc3cc4c5nc6nc(nc7[n-]c(nc8nc(nc([n-]5)c4cc3n2CCC)-c2ccccc2-8)c2cc3nc(-c4ccc(C#C)cc4)n(CCC)c3cc72)-c2ccccc2-6)cc1.[Zn+2]. The van der Waals surface area contributed by atoms with Crippen LogP contribution >= 0.6 is 0 Å². The number of aromatic nitrogens is 12. The molecule has 13 heteroatoms. The van der Waals surface area contributed by atoms with Crippen molar-refractivity contribution in [1.82, 2.24) is 59.0 Å². The maximum Gasteiger partial charge on any atom is 2.00 e. The van der Waals surface area contributed by atoms with E-state index in [1.165, 1.54) is 0 Å². The zero-order valence-corrected chi connectivity index (χ0v) is 40.6. The van der Waals surface area contributed by atoms with Crippen LogP contribution in [0.2, 0.25) is 0 Å². The maximum atomic E-state index is 5.71. The number of terminal acetylenes is 2. The molecule has 0 atom stereocenters. The first-order valence-corrected chi connectivity index (χ1v) is 22.6. The van der Waals surface area contributed by atoms with Crippen molar-refractivity contribution in [2.75, 3.05) is 0 Å². The molecule has 12 nitrogen and oxygen atoms in total. The molecule has 2 aliphatic rings. The molecule has 0 aliphatic carbocycles. The first kappa shape index (κ1) is 41.8. The summed E-state index contributed by atoms with van der Waals surface area (Å²) in [5.74, 6) is 9.07. The van der Waals surface area contributed by atoms with E-state index in [0.29, 0.717) is 45.9 Å². The van der Waals surface area contributed by atoms with Crippen LogP contribution in [0.15, 0.2) is 121 Å². The molecule has 0 spiro atoms. The topological polar surface area (TPSA) is 141 Å². The number of fused-ring (bicyclic) bond motifs is 22. The van der Waals surface area contributed by atoms with E-state index in [0.717, 1.165) is 126 Å². The zero-order chi connectivity index (χ0) is 45.6. The number of hydrogen-bond donors (Lipinski definition) is 0. The van der Waals surface area contributed by atoms with Gasteiger partial charge in [0.05, 0.1) is 45.4 Å². The summed E-state index contributed by atoms with van der Waals surface area (Å²) in [6, 6.07) is 40.2. The number of benzene rings is 6. The second kappa shape index (κ2) is 16.3. The van der Waals surface area contributed by atoms with Gasteiger partial charge in [0.2, 0.25) is 0 Å². The third-order valence-corrected chi connectivity index (χ3v) is 12.8. The van der Waals surface area contributed by atoms with Crippen molar-refractivity contribution in [1.29, 1.82) is 0 Å². The molecule has 7 heterocycles. The summed E-state index contributed by atoms with van der Waals surface area (Å²) in [6.07, 6.45) is 13.2. The van der Waals surface area contributed by atoms with Crippen molar-refractivity contribution in [3.05, 3.63) is 132 Å². The minimum absolute atomic E-state index is 0. The fourth-order valence-corrected chi connectivity index (χ4v) is 9.57. The Hall–Kier alpha value is -8.64. The predicted octanol–water partition coefficient (Wildman–Crippen LogP) is 10.9. The molecule has 2 aliphatic heterocycles. The van der Waals surface area contributed by atoms with Crippen LogP contribution in [0, 0.1) is 24.7 Å². The van der Waals surface area contributed by atoms with E-state index in [2.05, 4.69) is 59.1 Å². The van der Waals surface area contributed by atoms with Crippen LogP contribution in [0.3, 0.4) is 0 Å². The molecule has 5 aromatic heterocycles. The van der Waals surface area contributed by atoms with Crippen molar-refractivity contribution >= 4 is 66.2 Å². The smallest absolute Gasteiger partial charge is 0.357 e. The molecule has 0 radical (unpaired) electrons. The number of nitrogens with zero attached hydrogens (tertiary/aromatic N) is 12. The van der Waals surface area contributed by atoms with Gasteiger partial charge in [-0.3, -0.25) is 0 Å². The quantitative estimate of drug-likeness (QED) is 0.117. The molecule has 0 unspecified atom stereocenters. The first-order valence-electron chi connectivity index (χ1n) is 22.6. The van der Waals surface area contributed by atoms with Gasteiger partial charge in [-0.15, -0.1) is 12.8 Å². The Morgan fingerprint density at radius 2 is 0.768 bits per heavy atom. The average molecular weight is 942 g/mol. The van der Waals surface area contributed by atoms with Gasteiger partial charge in [-0.05, 0) is 82.9 Å². The number of hydrogen-bond acceptors (Lipinski definition) is 8. The van der Waals surface area contributed by atoms with Gasteiger partial charge in [0.25, 0.3) is 0 Å². The number of imidazole rings is 2. The second-order valence-corrected chi connectivity index (χ2v) is 17.0. The van der Waals surface area contributed by atoms with Crippen molar-refractivity contribution in [3.63, 3.8) is 0 Å². The van der Waals surface area contributed by atoms with Gasteiger partial charge in [0, 0.05) is 80.2 Å². The summed E-state index contributed by atoms with van der Waals surface area (Å²) in [6.45, 7) is 5.83. The van der Waals surface area contributed by atoms with Gasteiger partial charge in [-0.2, -0.15) is 0 Å². The van der Waals surface area contributed by atoms with E-state index in [4.69, 9.17) is 62.7 Å². The summed E-state index contributed by atoms with van der Waals surface area (Å²) in [5.41, 5.74) is 12.3. The van der Waals surface area contributed by atoms with Crippen LogP contribution in [0.5, 0.6) is 0 Å². The van der Waals surface area contributed by atoms with Gasteiger partial charge < -0.3 is 39.0 Å². The summed E-state index contributed by atoms with van der Waals surface area (Å²) in [7, 11) is 0. The molecule has 0 saturated carbocycles. The zero-order valence-electron chi connectivity index (χ0n) is 37.6. The molecule has 13 rings (SSSR count). The summed E-state index contributed by atoms with van der Waals surface area (Å²) < 4.78 is 4.50.